The van der Waals surface area contributed by atoms with Crippen LogP contribution in [0.5, 0.6) is 0 Å². The van der Waals surface area contributed by atoms with Gasteiger partial charge in [-0.3, -0.25) is 0 Å². The summed E-state index contributed by atoms with van der Waals surface area (Å²) in [4.78, 5) is 17.0. The highest BCUT2D eigenvalue weighted by molar-refractivity contribution is 5.91. The van der Waals surface area contributed by atoms with Gasteiger partial charge in [0.05, 0.1) is 23.4 Å². The molecule has 0 fully saturated rings. The Morgan fingerprint density at radius 2 is 1.76 bits per heavy atom. The van der Waals surface area contributed by atoms with Crippen molar-refractivity contribution in [2.24, 2.45) is 0 Å². The average molecular weight is 433 g/mol. The molecule has 0 amide bonds. The average Bonchev–Trinajstić information content (AvgIpc) is 3.25. The zero-order valence-corrected chi connectivity index (χ0v) is 18.4. The lowest BCUT2D eigenvalue weighted by molar-refractivity contribution is 0.0525. The fraction of sp³-hybridized carbons (Fsp3) is 0.103. The Balaban J connectivity index is 1.39. The van der Waals surface area contributed by atoms with Gasteiger partial charge in [-0.1, -0.05) is 54.6 Å². The first kappa shape index (κ1) is 20.7. The van der Waals surface area contributed by atoms with Crippen molar-refractivity contribution in [3.05, 3.63) is 114 Å². The fourth-order valence-electron chi connectivity index (χ4n) is 4.07. The molecule has 2 aromatic heterocycles. The summed E-state index contributed by atoms with van der Waals surface area (Å²) in [5.74, 6) is -0.278. The van der Waals surface area contributed by atoms with Crippen molar-refractivity contribution in [2.75, 3.05) is 6.61 Å². The highest BCUT2D eigenvalue weighted by Crippen LogP contribution is 2.22. The van der Waals surface area contributed by atoms with Gasteiger partial charge in [-0.2, -0.15) is 0 Å². The number of hydrogen-bond acceptors (Lipinski definition) is 3. The van der Waals surface area contributed by atoms with Crippen LogP contribution in [0.15, 0.2) is 91.1 Å². The Labute approximate surface area is 192 Å². The third-order valence-corrected chi connectivity index (χ3v) is 5.71. The molecule has 4 nitrogen and oxygen atoms in total. The molecule has 0 bridgehead atoms. The molecule has 0 aliphatic heterocycles. The number of nitrogens with zero attached hydrogens (tertiary/aromatic N) is 2. The van der Waals surface area contributed by atoms with Crippen molar-refractivity contribution in [1.82, 2.24) is 9.55 Å². The number of fused-ring (bicyclic) bond motifs is 2. The Bertz CT molecular complexity index is 1480. The van der Waals surface area contributed by atoms with Gasteiger partial charge in [-0.05, 0) is 60.5 Å². The number of carbonyl (C=O) groups is 1. The van der Waals surface area contributed by atoms with Crippen LogP contribution in [0.3, 0.4) is 0 Å². The minimum absolute atomic E-state index is 0.278. The summed E-state index contributed by atoms with van der Waals surface area (Å²) in [6.07, 6.45) is 6.19. The second kappa shape index (κ2) is 9.13. The summed E-state index contributed by atoms with van der Waals surface area (Å²) in [7, 11) is 0. The number of esters is 1. The van der Waals surface area contributed by atoms with Crippen LogP contribution in [-0.2, 0) is 11.3 Å². The molecule has 0 unspecified atom stereocenters. The van der Waals surface area contributed by atoms with Gasteiger partial charge in [-0.25, -0.2) is 9.78 Å². The summed E-state index contributed by atoms with van der Waals surface area (Å²) in [6, 6.07) is 28.4. The summed E-state index contributed by atoms with van der Waals surface area (Å²) >= 11 is 0. The summed E-state index contributed by atoms with van der Waals surface area (Å²) in [5, 5.41) is 2.29. The maximum atomic E-state index is 12.3. The van der Waals surface area contributed by atoms with Gasteiger partial charge >= 0.3 is 5.97 Å². The number of hydrogen-bond donors (Lipinski definition) is 0. The first-order valence-electron chi connectivity index (χ1n) is 11.1. The number of rotatable bonds is 6. The van der Waals surface area contributed by atoms with E-state index in [9.17, 15) is 4.79 Å². The molecule has 4 heteroatoms. The number of aromatic nitrogens is 2. The summed E-state index contributed by atoms with van der Waals surface area (Å²) in [6.45, 7) is 2.79. The van der Waals surface area contributed by atoms with E-state index in [2.05, 4.69) is 53.2 Å². The normalized spacial score (nSPS) is 11.4. The quantitative estimate of drug-likeness (QED) is 0.285. The molecule has 0 aliphatic rings. The molecule has 0 saturated carbocycles. The SMILES string of the molecule is CCOC(=O)c1ccccc1Cn1ccc2cc(/C=C/c3ccc4ccccc4n3)ccc21. The van der Waals surface area contributed by atoms with Crippen LogP contribution < -0.4 is 0 Å². The van der Waals surface area contributed by atoms with Gasteiger partial charge in [0.25, 0.3) is 0 Å². The van der Waals surface area contributed by atoms with Crippen molar-refractivity contribution in [3.8, 4) is 0 Å². The Morgan fingerprint density at radius 1 is 0.909 bits per heavy atom. The monoisotopic (exact) mass is 432 g/mol. The van der Waals surface area contributed by atoms with E-state index in [1.165, 1.54) is 0 Å². The Kier molecular flexibility index (Phi) is 5.73. The van der Waals surface area contributed by atoms with E-state index in [1.54, 1.807) is 0 Å². The number of benzene rings is 3. The second-order valence-electron chi connectivity index (χ2n) is 7.90. The van der Waals surface area contributed by atoms with Crippen LogP contribution in [-0.4, -0.2) is 22.1 Å². The van der Waals surface area contributed by atoms with E-state index in [4.69, 9.17) is 9.72 Å². The van der Waals surface area contributed by atoms with Crippen LogP contribution in [0.25, 0.3) is 34.0 Å². The number of pyridine rings is 1. The van der Waals surface area contributed by atoms with Crippen molar-refractivity contribution in [3.63, 3.8) is 0 Å². The molecule has 5 rings (SSSR count). The highest BCUT2D eigenvalue weighted by Gasteiger charge is 2.13. The maximum Gasteiger partial charge on any atom is 0.338 e. The highest BCUT2D eigenvalue weighted by atomic mass is 16.5. The smallest absolute Gasteiger partial charge is 0.338 e. The second-order valence-corrected chi connectivity index (χ2v) is 7.90. The predicted molar refractivity (Wildman–Crippen MR) is 134 cm³/mol. The van der Waals surface area contributed by atoms with Crippen LogP contribution in [0.2, 0.25) is 0 Å². The van der Waals surface area contributed by atoms with Gasteiger partial charge in [0.2, 0.25) is 0 Å². The fourth-order valence-corrected chi connectivity index (χ4v) is 4.07. The first-order chi connectivity index (χ1) is 16.2. The molecule has 0 saturated heterocycles. The molecule has 5 aromatic rings. The first-order valence-corrected chi connectivity index (χ1v) is 11.1. The molecular weight excluding hydrogens is 408 g/mol. The minimum atomic E-state index is -0.278. The number of para-hydroxylation sites is 1. The van der Waals surface area contributed by atoms with E-state index in [1.807, 2.05) is 61.5 Å². The third kappa shape index (κ3) is 4.41. The summed E-state index contributed by atoms with van der Waals surface area (Å²) in [5.41, 5.74) is 5.72. The lowest BCUT2D eigenvalue weighted by Gasteiger charge is -2.11. The molecule has 2 heterocycles. The molecule has 33 heavy (non-hydrogen) atoms. The zero-order valence-electron chi connectivity index (χ0n) is 18.4. The molecule has 0 N–H and O–H groups in total. The van der Waals surface area contributed by atoms with Gasteiger partial charge < -0.3 is 9.30 Å². The van der Waals surface area contributed by atoms with E-state index in [-0.39, 0.29) is 5.97 Å². The maximum absolute atomic E-state index is 12.3. The van der Waals surface area contributed by atoms with Gasteiger partial charge in [0.1, 0.15) is 0 Å². The largest absolute Gasteiger partial charge is 0.462 e. The molecular formula is C29H24N2O2. The number of carbonyl (C=O) groups excluding carboxylic acids is 1. The molecule has 3 aromatic carbocycles. The third-order valence-electron chi connectivity index (χ3n) is 5.71. The standard InChI is InChI=1S/C29H24N2O2/c1-2-33-29(32)26-9-5-3-8-24(26)20-31-18-17-23-19-21(12-16-28(23)31)11-14-25-15-13-22-7-4-6-10-27(22)30-25/h3-19H,2,20H2,1H3/b14-11+. The molecule has 0 radical (unpaired) electrons. The van der Waals surface area contributed by atoms with Crippen molar-refractivity contribution < 1.29 is 9.53 Å². The van der Waals surface area contributed by atoms with Crippen LogP contribution in [0.1, 0.15) is 34.1 Å². The van der Waals surface area contributed by atoms with Gasteiger partial charge in [-0.15, -0.1) is 0 Å². The van der Waals surface area contributed by atoms with Gasteiger partial charge in [0.15, 0.2) is 0 Å². The van der Waals surface area contributed by atoms with Gasteiger partial charge in [0, 0.05) is 29.0 Å². The van der Waals surface area contributed by atoms with Crippen molar-refractivity contribution >= 4 is 39.9 Å². The molecule has 0 atom stereocenters. The lowest BCUT2D eigenvalue weighted by Crippen LogP contribution is -2.10. The van der Waals surface area contributed by atoms with Crippen LogP contribution >= 0.6 is 0 Å². The van der Waals surface area contributed by atoms with Crippen LogP contribution in [0.4, 0.5) is 0 Å². The Hall–Kier alpha value is -4.18. The van der Waals surface area contributed by atoms with Crippen LogP contribution in [0, 0.1) is 0 Å². The Morgan fingerprint density at radius 3 is 2.67 bits per heavy atom. The summed E-state index contributed by atoms with van der Waals surface area (Å²) < 4.78 is 7.38. The zero-order chi connectivity index (χ0) is 22.6. The van der Waals surface area contributed by atoms with E-state index in [0.717, 1.165) is 38.6 Å². The topological polar surface area (TPSA) is 44.1 Å². The van der Waals surface area contributed by atoms with Crippen molar-refractivity contribution in [2.45, 2.75) is 13.5 Å². The molecule has 162 valence electrons. The van der Waals surface area contributed by atoms with E-state index in [0.29, 0.717) is 18.7 Å². The van der Waals surface area contributed by atoms with E-state index >= 15 is 0 Å². The van der Waals surface area contributed by atoms with Crippen molar-refractivity contribution in [1.29, 1.82) is 0 Å². The lowest BCUT2D eigenvalue weighted by atomic mass is 10.1. The predicted octanol–water partition coefficient (Wildman–Crippen LogP) is 6.58. The number of ether oxygens (including phenoxy) is 1. The molecule has 0 aliphatic carbocycles. The van der Waals surface area contributed by atoms with E-state index < -0.39 is 0 Å². The minimum Gasteiger partial charge on any atom is -0.462 e. The molecule has 0 spiro atoms.